The smallest absolute Gasteiger partial charge is 0.173 e. The van der Waals surface area contributed by atoms with Crippen LogP contribution in [0.1, 0.15) is 13.0 Å². The number of benzene rings is 2. The van der Waals surface area contributed by atoms with Gasteiger partial charge < -0.3 is 17.2 Å². The molecule has 0 radical (unpaired) electrons. The SMILES string of the molecule is C.N#CN.N=C(N)Cc1c(Cl)cccc1Cl.Nc1c(Cl)cccc1Cl. The molecule has 2 aromatic carbocycles. The highest BCUT2D eigenvalue weighted by Crippen LogP contribution is 2.26. The van der Waals surface area contributed by atoms with Crippen LogP contribution in [0.4, 0.5) is 5.69 Å². The summed E-state index contributed by atoms with van der Waals surface area (Å²) in [6, 6.07) is 10.4. The highest BCUT2D eigenvalue weighted by atomic mass is 35.5. The van der Waals surface area contributed by atoms with Gasteiger partial charge in [0.2, 0.25) is 0 Å². The van der Waals surface area contributed by atoms with Crippen molar-refractivity contribution in [3.05, 3.63) is 62.1 Å². The average molecular weight is 423 g/mol. The predicted octanol–water partition coefficient (Wildman–Crippen LogP) is 5.11. The zero-order valence-corrected chi connectivity index (χ0v) is 15.4. The van der Waals surface area contributed by atoms with E-state index in [9.17, 15) is 0 Å². The Labute approximate surface area is 167 Å². The molecule has 0 bridgehead atoms. The Balaban J connectivity index is 0. The monoisotopic (exact) mass is 421 g/mol. The van der Waals surface area contributed by atoms with Gasteiger partial charge in [0, 0.05) is 16.5 Å². The first kappa shape index (κ1) is 25.4. The van der Waals surface area contributed by atoms with Crippen LogP contribution in [0, 0.1) is 16.9 Å². The van der Waals surface area contributed by atoms with Crippen LogP contribution in [0.25, 0.3) is 0 Å². The van der Waals surface area contributed by atoms with Crippen molar-refractivity contribution in [1.29, 1.82) is 10.7 Å². The first-order valence-corrected chi connectivity index (χ1v) is 7.80. The van der Waals surface area contributed by atoms with Crippen LogP contribution in [0.5, 0.6) is 0 Å². The maximum absolute atomic E-state index is 7.10. The van der Waals surface area contributed by atoms with Crippen LogP contribution < -0.4 is 17.2 Å². The standard InChI is InChI=1S/C8H8Cl2N2.C6H5Cl2N.CH2N2.CH4/c9-6-2-1-3-7(10)5(6)4-8(11)12;7-4-2-1-3-5(8)6(4)9;2-1-3;/h1-3H,4H2,(H3,11,12);1-3H,9H2;2H2;1H4. The van der Waals surface area contributed by atoms with Crippen molar-refractivity contribution in [3.63, 3.8) is 0 Å². The molecule has 25 heavy (non-hydrogen) atoms. The number of hydrogen-bond donors (Lipinski definition) is 4. The topological polar surface area (TPSA) is 126 Å². The molecular formula is C16H19Cl4N5. The average Bonchev–Trinajstić information content (AvgIpc) is 2.50. The third-order valence-corrected chi connectivity index (χ3v) is 3.80. The largest absolute Gasteiger partial charge is 0.396 e. The molecule has 0 aliphatic heterocycles. The first-order chi connectivity index (χ1) is 11.2. The second kappa shape index (κ2) is 13.5. The fraction of sp³-hybridized carbons (Fsp3) is 0.125. The number of nitriles is 1. The quantitative estimate of drug-likeness (QED) is 0.176. The summed E-state index contributed by atoms with van der Waals surface area (Å²) in [6.45, 7) is 0. The van der Waals surface area contributed by atoms with Crippen LogP contribution in [0.2, 0.25) is 20.1 Å². The van der Waals surface area contributed by atoms with E-state index < -0.39 is 0 Å². The number of hydrogen-bond acceptors (Lipinski definition) is 4. The van der Waals surface area contributed by atoms with E-state index in [1.807, 2.05) is 0 Å². The summed E-state index contributed by atoms with van der Waals surface area (Å²) in [5, 5.41) is 16.3. The normalized spacial score (nSPS) is 8.44. The number of rotatable bonds is 2. The molecule has 0 aliphatic carbocycles. The van der Waals surface area contributed by atoms with Gasteiger partial charge in [0.1, 0.15) is 0 Å². The number of nitrogens with one attached hydrogen (secondary N) is 1. The molecule has 0 aromatic heterocycles. The molecule has 2 aromatic rings. The molecule has 9 heteroatoms. The van der Waals surface area contributed by atoms with Crippen LogP contribution in [0.3, 0.4) is 0 Å². The lowest BCUT2D eigenvalue weighted by Gasteiger charge is -2.04. The molecule has 7 N–H and O–H groups in total. The summed E-state index contributed by atoms with van der Waals surface area (Å²) in [7, 11) is 0. The number of halogens is 4. The van der Waals surface area contributed by atoms with Gasteiger partial charge >= 0.3 is 0 Å². The molecule has 5 nitrogen and oxygen atoms in total. The van der Waals surface area contributed by atoms with Crippen LogP contribution in [-0.4, -0.2) is 5.84 Å². The fourth-order valence-corrected chi connectivity index (χ4v) is 2.33. The minimum absolute atomic E-state index is 0. The molecule has 0 atom stereocenters. The van der Waals surface area contributed by atoms with Gasteiger partial charge in [0.15, 0.2) is 6.19 Å². The number of nitrogens with two attached hydrogens (primary N) is 3. The third-order valence-electron chi connectivity index (χ3n) is 2.43. The van der Waals surface area contributed by atoms with Gasteiger partial charge in [-0.1, -0.05) is 66.0 Å². The van der Waals surface area contributed by atoms with Gasteiger partial charge in [-0.2, -0.15) is 5.26 Å². The molecule has 0 amide bonds. The van der Waals surface area contributed by atoms with E-state index in [2.05, 4.69) is 5.73 Å². The summed E-state index contributed by atoms with van der Waals surface area (Å²) in [4.78, 5) is 0. The van der Waals surface area contributed by atoms with Crippen molar-refractivity contribution in [2.75, 3.05) is 5.73 Å². The van der Waals surface area contributed by atoms with Crippen molar-refractivity contribution >= 4 is 57.9 Å². The molecule has 136 valence electrons. The Kier molecular flexibility index (Phi) is 13.7. The molecule has 0 unspecified atom stereocenters. The van der Waals surface area contributed by atoms with Crippen molar-refractivity contribution in [2.45, 2.75) is 13.8 Å². The lowest BCUT2D eigenvalue weighted by Crippen LogP contribution is -2.13. The molecule has 0 spiro atoms. The van der Waals surface area contributed by atoms with Crippen LogP contribution >= 0.6 is 46.4 Å². The van der Waals surface area contributed by atoms with Crippen LogP contribution in [0.15, 0.2) is 36.4 Å². The number of anilines is 1. The highest BCUT2D eigenvalue weighted by molar-refractivity contribution is 6.38. The maximum atomic E-state index is 7.10. The fourth-order valence-electron chi connectivity index (χ4n) is 1.40. The molecule has 0 fully saturated rings. The van der Waals surface area contributed by atoms with Crippen LogP contribution in [-0.2, 0) is 6.42 Å². The van der Waals surface area contributed by atoms with Gasteiger partial charge in [0.25, 0.3) is 0 Å². The Hall–Kier alpha value is -1.84. The second-order valence-electron chi connectivity index (χ2n) is 4.17. The van der Waals surface area contributed by atoms with Gasteiger partial charge in [-0.05, 0) is 29.8 Å². The van der Waals surface area contributed by atoms with E-state index in [-0.39, 0.29) is 13.3 Å². The highest BCUT2D eigenvalue weighted by Gasteiger charge is 2.05. The van der Waals surface area contributed by atoms with E-state index >= 15 is 0 Å². The predicted molar refractivity (Wildman–Crippen MR) is 109 cm³/mol. The van der Waals surface area contributed by atoms with E-state index in [0.29, 0.717) is 37.8 Å². The zero-order valence-electron chi connectivity index (χ0n) is 12.4. The Bertz CT molecular complexity index is 688. The lowest BCUT2D eigenvalue weighted by molar-refractivity contribution is 1.25. The van der Waals surface area contributed by atoms with Crippen molar-refractivity contribution < 1.29 is 0 Å². The number of amidine groups is 1. The van der Waals surface area contributed by atoms with Crippen molar-refractivity contribution in [2.24, 2.45) is 11.5 Å². The zero-order chi connectivity index (χ0) is 18.7. The summed E-state index contributed by atoms with van der Waals surface area (Å²) in [6.07, 6.45) is 1.55. The van der Waals surface area contributed by atoms with Gasteiger partial charge in [-0.15, -0.1) is 0 Å². The molecule has 2 rings (SSSR count). The van der Waals surface area contributed by atoms with E-state index in [1.165, 1.54) is 6.19 Å². The lowest BCUT2D eigenvalue weighted by atomic mass is 10.1. The Morgan fingerprint density at radius 2 is 1.28 bits per heavy atom. The number of nitrogens with zero attached hydrogens (tertiary/aromatic N) is 1. The van der Waals surface area contributed by atoms with Crippen molar-refractivity contribution in [1.82, 2.24) is 0 Å². The summed E-state index contributed by atoms with van der Waals surface area (Å²) < 4.78 is 0. The molecule has 0 heterocycles. The molecule has 0 saturated heterocycles. The maximum Gasteiger partial charge on any atom is 0.173 e. The third kappa shape index (κ3) is 9.90. The first-order valence-electron chi connectivity index (χ1n) is 6.29. The molecule has 0 saturated carbocycles. The minimum atomic E-state index is 0. The van der Waals surface area contributed by atoms with Crippen molar-refractivity contribution in [3.8, 4) is 6.19 Å². The summed E-state index contributed by atoms with van der Waals surface area (Å²) >= 11 is 22.9. The molecule has 0 aliphatic rings. The molecular weight excluding hydrogens is 404 g/mol. The summed E-state index contributed by atoms with van der Waals surface area (Å²) in [5.41, 5.74) is 16.0. The van der Waals surface area contributed by atoms with Gasteiger partial charge in [-0.25, -0.2) is 0 Å². The Morgan fingerprint density at radius 1 is 0.960 bits per heavy atom. The minimum Gasteiger partial charge on any atom is -0.396 e. The van der Waals surface area contributed by atoms with Gasteiger partial charge in [-0.3, -0.25) is 5.41 Å². The van der Waals surface area contributed by atoms with E-state index in [1.54, 1.807) is 36.4 Å². The van der Waals surface area contributed by atoms with E-state index in [4.69, 9.17) is 68.5 Å². The number of para-hydroxylation sites is 1. The van der Waals surface area contributed by atoms with E-state index in [0.717, 1.165) is 0 Å². The number of nitrogen functional groups attached to an aromatic ring is 1. The van der Waals surface area contributed by atoms with Gasteiger partial charge in [0.05, 0.1) is 21.6 Å². The Morgan fingerprint density at radius 3 is 1.56 bits per heavy atom. The summed E-state index contributed by atoms with van der Waals surface area (Å²) in [5.74, 6) is 0.0602. The second-order valence-corrected chi connectivity index (χ2v) is 5.80.